The second kappa shape index (κ2) is 7.08. The number of hydrogen-bond acceptors (Lipinski definition) is 6. The number of ether oxygens (including phenoxy) is 2. The normalized spacial score (nSPS) is 11.8. The van der Waals surface area contributed by atoms with E-state index in [0.29, 0.717) is 12.6 Å². The minimum atomic E-state index is -0.00511. The van der Waals surface area contributed by atoms with Crippen molar-refractivity contribution in [1.82, 2.24) is 15.0 Å². The summed E-state index contributed by atoms with van der Waals surface area (Å²) in [6.07, 6.45) is 0. The fourth-order valence-electron chi connectivity index (χ4n) is 1.61. The van der Waals surface area contributed by atoms with Gasteiger partial charge in [0.1, 0.15) is 12.4 Å². The van der Waals surface area contributed by atoms with Gasteiger partial charge in [0, 0.05) is 0 Å². The van der Waals surface area contributed by atoms with Crippen molar-refractivity contribution in [3.8, 4) is 11.8 Å². The number of anilines is 1. The molecule has 1 heterocycles. The van der Waals surface area contributed by atoms with Crippen molar-refractivity contribution in [3.05, 3.63) is 35.1 Å². The van der Waals surface area contributed by atoms with Gasteiger partial charge in [-0.25, -0.2) is 0 Å². The molecule has 0 radical (unpaired) electrons. The van der Waals surface area contributed by atoms with E-state index in [1.165, 1.54) is 12.7 Å². The molecule has 0 fully saturated rings. The molecule has 0 saturated heterocycles. The molecule has 0 bridgehead atoms. The van der Waals surface area contributed by atoms with Gasteiger partial charge in [-0.1, -0.05) is 17.7 Å². The van der Waals surface area contributed by atoms with E-state index in [-0.39, 0.29) is 17.3 Å². The molecule has 1 aromatic heterocycles. The molecule has 21 heavy (non-hydrogen) atoms. The topological polar surface area (TPSA) is 69.2 Å². The molecule has 2 aromatic rings. The van der Waals surface area contributed by atoms with E-state index in [0.717, 1.165) is 5.75 Å². The minimum Gasteiger partial charge on any atom is -0.491 e. The molecule has 0 aliphatic rings. The largest absolute Gasteiger partial charge is 0.491 e. The average molecular weight is 309 g/mol. The zero-order valence-electron chi connectivity index (χ0n) is 12.1. The number of rotatable bonds is 6. The van der Waals surface area contributed by atoms with Crippen LogP contribution in [-0.2, 0) is 0 Å². The molecule has 0 aliphatic heterocycles. The molecule has 6 nitrogen and oxygen atoms in total. The number of halogens is 1. The Morgan fingerprint density at radius 1 is 1.19 bits per heavy atom. The van der Waals surface area contributed by atoms with Crippen LogP contribution in [0.2, 0.25) is 5.28 Å². The Bertz CT molecular complexity index is 592. The van der Waals surface area contributed by atoms with Crippen LogP contribution in [0.15, 0.2) is 24.3 Å². The van der Waals surface area contributed by atoms with Crippen LogP contribution in [0.5, 0.6) is 11.8 Å². The maximum Gasteiger partial charge on any atom is 0.322 e. The molecular formula is C14H17ClN4O2. The third-order valence-electron chi connectivity index (χ3n) is 2.67. The first kappa shape index (κ1) is 15.3. The predicted octanol–water partition coefficient (Wildman–Crippen LogP) is 2.72. The molecule has 1 unspecified atom stereocenters. The summed E-state index contributed by atoms with van der Waals surface area (Å²) in [6.45, 7) is 4.46. The second-order valence-corrected chi connectivity index (χ2v) is 4.92. The minimum absolute atomic E-state index is 0.00511. The van der Waals surface area contributed by atoms with E-state index in [9.17, 15) is 0 Å². The summed E-state index contributed by atoms with van der Waals surface area (Å²) in [5.41, 5.74) is 1.19. The summed E-state index contributed by atoms with van der Waals surface area (Å²) in [5, 5.41) is 3.17. The summed E-state index contributed by atoms with van der Waals surface area (Å²) in [4.78, 5) is 11.9. The van der Waals surface area contributed by atoms with Gasteiger partial charge in [0.05, 0.1) is 13.2 Å². The van der Waals surface area contributed by atoms with Gasteiger partial charge in [-0.2, -0.15) is 15.0 Å². The van der Waals surface area contributed by atoms with Gasteiger partial charge < -0.3 is 14.8 Å². The van der Waals surface area contributed by atoms with Crippen molar-refractivity contribution >= 4 is 17.5 Å². The van der Waals surface area contributed by atoms with Crippen molar-refractivity contribution in [3.63, 3.8) is 0 Å². The Morgan fingerprint density at radius 2 is 1.90 bits per heavy atom. The van der Waals surface area contributed by atoms with E-state index in [1.807, 2.05) is 38.1 Å². The van der Waals surface area contributed by atoms with Gasteiger partial charge in [-0.15, -0.1) is 0 Å². The van der Waals surface area contributed by atoms with Crippen molar-refractivity contribution < 1.29 is 9.47 Å². The van der Waals surface area contributed by atoms with Crippen molar-refractivity contribution in [2.45, 2.75) is 19.9 Å². The van der Waals surface area contributed by atoms with Gasteiger partial charge in [0.15, 0.2) is 0 Å². The Kier molecular flexibility index (Phi) is 5.16. The lowest BCUT2D eigenvalue weighted by molar-refractivity contribution is 0.303. The molecule has 1 atom stereocenters. The molecular weight excluding hydrogens is 292 g/mol. The molecule has 2 rings (SSSR count). The fourth-order valence-corrected chi connectivity index (χ4v) is 1.76. The maximum absolute atomic E-state index is 5.79. The van der Waals surface area contributed by atoms with Crippen LogP contribution in [0.4, 0.5) is 5.95 Å². The second-order valence-electron chi connectivity index (χ2n) is 4.58. The van der Waals surface area contributed by atoms with Crippen LogP contribution >= 0.6 is 11.6 Å². The Balaban J connectivity index is 1.90. The molecule has 0 saturated carbocycles. The van der Waals surface area contributed by atoms with Gasteiger partial charge >= 0.3 is 6.01 Å². The number of aryl methyl sites for hydroxylation is 1. The monoisotopic (exact) mass is 308 g/mol. The number of methoxy groups -OCH3 is 1. The number of nitrogens with one attached hydrogen (secondary N) is 1. The van der Waals surface area contributed by atoms with Crippen LogP contribution in [0.1, 0.15) is 12.5 Å². The highest BCUT2D eigenvalue weighted by atomic mass is 35.5. The third-order valence-corrected chi connectivity index (χ3v) is 2.84. The summed E-state index contributed by atoms with van der Waals surface area (Å²) in [6, 6.07) is 8.04. The summed E-state index contributed by atoms with van der Waals surface area (Å²) in [5.74, 6) is 1.17. The molecule has 0 aliphatic carbocycles. The fraction of sp³-hybridized carbons (Fsp3) is 0.357. The first-order valence-electron chi connectivity index (χ1n) is 6.48. The van der Waals surface area contributed by atoms with Gasteiger partial charge in [-0.3, -0.25) is 0 Å². The number of nitrogens with zero attached hydrogens (tertiary/aromatic N) is 3. The Labute approximate surface area is 128 Å². The van der Waals surface area contributed by atoms with Crippen molar-refractivity contribution in [2.24, 2.45) is 0 Å². The standard InChI is InChI=1S/C14H17ClN4O2/c1-9-4-6-11(7-5-9)21-8-10(2)16-13-17-12(15)18-14(19-13)20-3/h4-7,10H,8H2,1-3H3,(H,16,17,18,19). The van der Waals surface area contributed by atoms with E-state index >= 15 is 0 Å². The van der Waals surface area contributed by atoms with Crippen LogP contribution in [0, 0.1) is 6.92 Å². The SMILES string of the molecule is COc1nc(Cl)nc(NC(C)COc2ccc(C)cc2)n1. The first-order chi connectivity index (χ1) is 10.1. The lowest BCUT2D eigenvalue weighted by Gasteiger charge is -2.15. The highest BCUT2D eigenvalue weighted by molar-refractivity contribution is 6.28. The van der Waals surface area contributed by atoms with Gasteiger partial charge in [0.25, 0.3) is 0 Å². The predicted molar refractivity (Wildman–Crippen MR) is 81.1 cm³/mol. The summed E-state index contributed by atoms with van der Waals surface area (Å²) < 4.78 is 10.6. The highest BCUT2D eigenvalue weighted by Gasteiger charge is 2.09. The zero-order chi connectivity index (χ0) is 15.2. The van der Waals surface area contributed by atoms with Crippen LogP contribution in [0.3, 0.4) is 0 Å². The summed E-state index contributed by atoms with van der Waals surface area (Å²) >= 11 is 5.79. The summed E-state index contributed by atoms with van der Waals surface area (Å²) in [7, 11) is 1.47. The van der Waals surface area contributed by atoms with Crippen molar-refractivity contribution in [1.29, 1.82) is 0 Å². The quantitative estimate of drug-likeness (QED) is 0.885. The number of benzene rings is 1. The van der Waals surface area contributed by atoms with E-state index in [4.69, 9.17) is 21.1 Å². The Hall–Kier alpha value is -2.08. The van der Waals surface area contributed by atoms with E-state index < -0.39 is 0 Å². The molecule has 0 amide bonds. The molecule has 112 valence electrons. The smallest absolute Gasteiger partial charge is 0.322 e. The maximum atomic E-state index is 5.79. The van der Waals surface area contributed by atoms with E-state index in [2.05, 4.69) is 20.3 Å². The van der Waals surface area contributed by atoms with Gasteiger partial charge in [-0.05, 0) is 37.6 Å². The van der Waals surface area contributed by atoms with E-state index in [1.54, 1.807) is 0 Å². The first-order valence-corrected chi connectivity index (χ1v) is 6.86. The molecule has 0 spiro atoms. The number of aromatic nitrogens is 3. The van der Waals surface area contributed by atoms with Crippen molar-refractivity contribution in [2.75, 3.05) is 19.0 Å². The van der Waals surface area contributed by atoms with Gasteiger partial charge in [0.2, 0.25) is 11.2 Å². The lowest BCUT2D eigenvalue weighted by atomic mass is 10.2. The Morgan fingerprint density at radius 3 is 2.57 bits per heavy atom. The van der Waals surface area contributed by atoms with Crippen LogP contribution < -0.4 is 14.8 Å². The van der Waals surface area contributed by atoms with Crippen LogP contribution in [0.25, 0.3) is 0 Å². The molecule has 1 N–H and O–H groups in total. The lowest BCUT2D eigenvalue weighted by Crippen LogP contribution is -2.24. The average Bonchev–Trinajstić information content (AvgIpc) is 2.46. The zero-order valence-corrected chi connectivity index (χ0v) is 12.9. The molecule has 7 heteroatoms. The highest BCUT2D eigenvalue weighted by Crippen LogP contribution is 2.14. The third kappa shape index (κ3) is 4.75. The number of hydrogen-bond donors (Lipinski definition) is 1. The van der Waals surface area contributed by atoms with Crippen LogP contribution in [-0.4, -0.2) is 34.7 Å². The molecule has 1 aromatic carbocycles.